The summed E-state index contributed by atoms with van der Waals surface area (Å²) < 4.78 is 11.4. The first-order valence-electron chi connectivity index (χ1n) is 9.94. The first-order chi connectivity index (χ1) is 13.6. The van der Waals surface area contributed by atoms with Gasteiger partial charge in [-0.1, -0.05) is 48.4 Å². The lowest BCUT2D eigenvalue weighted by Crippen LogP contribution is -2.44. The summed E-state index contributed by atoms with van der Waals surface area (Å²) in [5, 5.41) is 3.49. The molecule has 0 bridgehead atoms. The van der Waals surface area contributed by atoms with Gasteiger partial charge in [-0.2, -0.15) is 0 Å². The van der Waals surface area contributed by atoms with Crippen LogP contribution in [0, 0.1) is 12.3 Å². The highest BCUT2D eigenvalue weighted by atomic mass is 16.5. The molecule has 1 aliphatic rings. The van der Waals surface area contributed by atoms with Gasteiger partial charge in [0, 0.05) is 38.3 Å². The van der Waals surface area contributed by atoms with E-state index >= 15 is 0 Å². The molecule has 3 rings (SSSR count). The van der Waals surface area contributed by atoms with Crippen molar-refractivity contribution in [2.24, 2.45) is 0 Å². The van der Waals surface area contributed by atoms with Gasteiger partial charge in [0.15, 0.2) is 0 Å². The van der Waals surface area contributed by atoms with Crippen LogP contribution in [-0.4, -0.2) is 36.8 Å². The number of para-hydroxylation sites is 1. The largest absolute Gasteiger partial charge is 0.481 e. The lowest BCUT2D eigenvalue weighted by atomic mass is 10.1. The fraction of sp³-hybridized carbons (Fsp3) is 0.417. The van der Waals surface area contributed by atoms with Crippen LogP contribution < -0.4 is 10.1 Å². The monoisotopic (exact) mass is 378 g/mol. The summed E-state index contributed by atoms with van der Waals surface area (Å²) in [4.78, 5) is 2.47. The molecule has 2 unspecified atom stereocenters. The summed E-state index contributed by atoms with van der Waals surface area (Å²) in [5.74, 6) is 3.36. The van der Waals surface area contributed by atoms with Crippen LogP contribution in [0.25, 0.3) is 0 Å². The zero-order valence-electron chi connectivity index (χ0n) is 16.9. The van der Waals surface area contributed by atoms with Crippen molar-refractivity contribution < 1.29 is 9.47 Å². The predicted octanol–water partition coefficient (Wildman–Crippen LogP) is 3.60. The van der Waals surface area contributed by atoms with Crippen molar-refractivity contribution in [3.8, 4) is 18.1 Å². The van der Waals surface area contributed by atoms with Gasteiger partial charge in [-0.3, -0.25) is 4.90 Å². The maximum absolute atomic E-state index is 5.82. The third-order valence-corrected chi connectivity index (χ3v) is 4.85. The molecular formula is C24H30N2O2. The Labute approximate surface area is 168 Å². The van der Waals surface area contributed by atoms with Crippen LogP contribution in [0.15, 0.2) is 48.5 Å². The van der Waals surface area contributed by atoms with E-state index in [0.717, 1.165) is 44.0 Å². The van der Waals surface area contributed by atoms with Crippen molar-refractivity contribution in [1.29, 1.82) is 0 Å². The minimum Gasteiger partial charge on any atom is -0.481 e. The van der Waals surface area contributed by atoms with Crippen LogP contribution in [0.5, 0.6) is 5.75 Å². The van der Waals surface area contributed by atoms with E-state index in [4.69, 9.17) is 15.9 Å². The lowest BCUT2D eigenvalue weighted by Gasteiger charge is -2.35. The van der Waals surface area contributed by atoms with E-state index in [2.05, 4.69) is 60.3 Å². The summed E-state index contributed by atoms with van der Waals surface area (Å²) in [6.45, 7) is 9.11. The van der Waals surface area contributed by atoms with Crippen molar-refractivity contribution >= 4 is 0 Å². The molecule has 2 aromatic carbocycles. The Hall–Kier alpha value is -2.32. The van der Waals surface area contributed by atoms with Gasteiger partial charge in [-0.05, 0) is 31.0 Å². The van der Waals surface area contributed by atoms with E-state index in [1.165, 1.54) is 11.1 Å². The number of benzene rings is 2. The SMILES string of the molecule is C#CCOc1ccccc1CNCc1ccc(CN2CC(C)OC(C)C2)cc1. The molecule has 0 saturated carbocycles. The van der Waals surface area contributed by atoms with Crippen LogP contribution in [0.4, 0.5) is 0 Å². The molecule has 1 aliphatic heterocycles. The van der Waals surface area contributed by atoms with E-state index in [9.17, 15) is 0 Å². The summed E-state index contributed by atoms with van der Waals surface area (Å²) in [6.07, 6.45) is 5.90. The molecule has 4 nitrogen and oxygen atoms in total. The fourth-order valence-corrected chi connectivity index (χ4v) is 3.69. The molecule has 2 aromatic rings. The van der Waals surface area contributed by atoms with Gasteiger partial charge in [0.05, 0.1) is 12.2 Å². The maximum atomic E-state index is 5.82. The first kappa shape index (κ1) is 20.4. The summed E-state index contributed by atoms with van der Waals surface area (Å²) in [5.41, 5.74) is 3.73. The molecule has 28 heavy (non-hydrogen) atoms. The Bertz CT molecular complexity index is 772. The van der Waals surface area contributed by atoms with Gasteiger partial charge < -0.3 is 14.8 Å². The molecule has 2 atom stereocenters. The van der Waals surface area contributed by atoms with E-state index in [1.807, 2.05) is 18.2 Å². The molecular weight excluding hydrogens is 348 g/mol. The molecule has 1 heterocycles. The number of ether oxygens (including phenoxy) is 2. The van der Waals surface area contributed by atoms with Crippen LogP contribution in [0.1, 0.15) is 30.5 Å². The summed E-state index contributed by atoms with van der Waals surface area (Å²) >= 11 is 0. The predicted molar refractivity (Wildman–Crippen MR) is 113 cm³/mol. The van der Waals surface area contributed by atoms with Gasteiger partial charge in [-0.25, -0.2) is 0 Å². The standard InChI is InChI=1S/C24H30N2O2/c1-4-13-27-24-8-6-5-7-23(24)15-25-14-21-9-11-22(12-10-21)18-26-16-19(2)28-20(3)17-26/h1,5-12,19-20,25H,13-18H2,2-3H3. The van der Waals surface area contributed by atoms with Gasteiger partial charge in [0.25, 0.3) is 0 Å². The van der Waals surface area contributed by atoms with Crippen LogP contribution >= 0.6 is 0 Å². The molecule has 148 valence electrons. The normalized spacial score (nSPS) is 19.9. The van der Waals surface area contributed by atoms with Crippen LogP contribution in [0.2, 0.25) is 0 Å². The molecule has 0 aromatic heterocycles. The van der Waals surface area contributed by atoms with Gasteiger partial charge in [0.2, 0.25) is 0 Å². The molecule has 1 saturated heterocycles. The molecule has 1 fully saturated rings. The van der Waals surface area contributed by atoms with Crippen molar-refractivity contribution in [2.45, 2.75) is 45.7 Å². The van der Waals surface area contributed by atoms with Crippen molar-refractivity contribution in [3.05, 3.63) is 65.2 Å². The highest BCUT2D eigenvalue weighted by Crippen LogP contribution is 2.18. The zero-order valence-corrected chi connectivity index (χ0v) is 16.9. The number of terminal acetylenes is 1. The molecule has 0 spiro atoms. The highest BCUT2D eigenvalue weighted by Gasteiger charge is 2.21. The van der Waals surface area contributed by atoms with Gasteiger partial charge >= 0.3 is 0 Å². The maximum Gasteiger partial charge on any atom is 0.148 e. The minimum absolute atomic E-state index is 0.291. The topological polar surface area (TPSA) is 33.7 Å². The average Bonchev–Trinajstić information content (AvgIpc) is 2.68. The number of nitrogens with one attached hydrogen (secondary N) is 1. The number of rotatable bonds is 8. The number of hydrogen-bond donors (Lipinski definition) is 1. The van der Waals surface area contributed by atoms with Gasteiger partial charge in [0.1, 0.15) is 12.4 Å². The smallest absolute Gasteiger partial charge is 0.148 e. The van der Waals surface area contributed by atoms with Crippen molar-refractivity contribution in [3.63, 3.8) is 0 Å². The third-order valence-electron chi connectivity index (χ3n) is 4.85. The fourth-order valence-electron chi connectivity index (χ4n) is 3.69. The van der Waals surface area contributed by atoms with Gasteiger partial charge in [-0.15, -0.1) is 6.42 Å². The van der Waals surface area contributed by atoms with Crippen molar-refractivity contribution in [1.82, 2.24) is 10.2 Å². The molecule has 0 aliphatic carbocycles. The molecule has 1 N–H and O–H groups in total. The highest BCUT2D eigenvalue weighted by molar-refractivity contribution is 5.33. The Kier molecular flexibility index (Phi) is 7.50. The lowest BCUT2D eigenvalue weighted by molar-refractivity contribution is -0.0704. The molecule has 4 heteroatoms. The van der Waals surface area contributed by atoms with E-state index in [0.29, 0.717) is 18.8 Å². The minimum atomic E-state index is 0.291. The summed E-state index contributed by atoms with van der Waals surface area (Å²) in [7, 11) is 0. The quantitative estimate of drug-likeness (QED) is 0.712. The number of morpholine rings is 1. The second-order valence-corrected chi connectivity index (χ2v) is 7.47. The first-order valence-corrected chi connectivity index (χ1v) is 9.94. The van der Waals surface area contributed by atoms with E-state index < -0.39 is 0 Å². The molecule has 0 amide bonds. The zero-order chi connectivity index (χ0) is 19.8. The van der Waals surface area contributed by atoms with Crippen LogP contribution in [0.3, 0.4) is 0 Å². The Morgan fingerprint density at radius 1 is 1.04 bits per heavy atom. The Morgan fingerprint density at radius 3 is 2.43 bits per heavy atom. The van der Waals surface area contributed by atoms with Crippen LogP contribution in [-0.2, 0) is 24.4 Å². The van der Waals surface area contributed by atoms with Crippen molar-refractivity contribution in [2.75, 3.05) is 19.7 Å². The Balaban J connectivity index is 1.48. The number of hydrogen-bond acceptors (Lipinski definition) is 4. The average molecular weight is 379 g/mol. The molecule has 0 radical (unpaired) electrons. The summed E-state index contributed by atoms with van der Waals surface area (Å²) in [6, 6.07) is 16.9. The number of nitrogens with zero attached hydrogens (tertiary/aromatic N) is 1. The Morgan fingerprint density at radius 2 is 1.71 bits per heavy atom. The third kappa shape index (κ3) is 6.10. The second kappa shape index (κ2) is 10.3. The van der Waals surface area contributed by atoms with E-state index in [1.54, 1.807) is 0 Å². The van der Waals surface area contributed by atoms with E-state index in [-0.39, 0.29) is 0 Å². The second-order valence-electron chi connectivity index (χ2n) is 7.47.